The molecule has 0 aliphatic rings. The van der Waals surface area contributed by atoms with Gasteiger partial charge in [-0.15, -0.1) is 0 Å². The molecule has 0 saturated carbocycles. The van der Waals surface area contributed by atoms with Crippen LogP contribution >= 0.6 is 0 Å². The Morgan fingerprint density at radius 3 is 1.86 bits per heavy atom. The Hall–Kier alpha value is -1.39. The van der Waals surface area contributed by atoms with Crippen LogP contribution in [0.15, 0.2) is 36.5 Å². The van der Waals surface area contributed by atoms with Gasteiger partial charge in [-0.3, -0.25) is 0 Å². The second kappa shape index (κ2) is 14.5. The fraction of sp³-hybridized carbons (Fsp3) is 0.611. The molecule has 0 heterocycles. The maximum atomic E-state index is 10.2. The van der Waals surface area contributed by atoms with Gasteiger partial charge in [-0.2, -0.15) is 0 Å². The molecule has 0 bridgehead atoms. The normalized spacial score (nSPS) is 15.0. The third-order valence-corrected chi connectivity index (χ3v) is 3.23. The van der Waals surface area contributed by atoms with Gasteiger partial charge in [0.25, 0.3) is 0 Å². The summed E-state index contributed by atoms with van der Waals surface area (Å²) in [6.45, 7) is 2.13. The van der Waals surface area contributed by atoms with Crippen LogP contribution in [-0.4, -0.2) is 28.4 Å². The van der Waals surface area contributed by atoms with Crippen LogP contribution in [0.1, 0.15) is 58.3 Å². The lowest BCUT2D eigenvalue weighted by Crippen LogP contribution is -2.21. The van der Waals surface area contributed by atoms with Crippen molar-refractivity contribution in [2.75, 3.05) is 0 Å². The topological polar surface area (TPSA) is 80.6 Å². The highest BCUT2D eigenvalue weighted by molar-refractivity contribution is 5.64. The maximum absolute atomic E-state index is 10.2. The molecule has 0 rings (SSSR count). The highest BCUT2D eigenvalue weighted by Crippen LogP contribution is 2.05. The average Bonchev–Trinajstić information content (AvgIpc) is 2.47. The smallest absolute Gasteiger partial charge is 0.0723 e. The lowest BCUT2D eigenvalue weighted by molar-refractivity contribution is -0.305. The zero-order valence-electron chi connectivity index (χ0n) is 13.5. The van der Waals surface area contributed by atoms with Crippen molar-refractivity contribution in [3.05, 3.63) is 36.5 Å². The van der Waals surface area contributed by atoms with Crippen LogP contribution in [0, 0.1) is 0 Å². The first kappa shape index (κ1) is 20.6. The Morgan fingerprint density at radius 1 is 0.909 bits per heavy atom. The van der Waals surface area contributed by atoms with Crippen LogP contribution < -0.4 is 5.11 Å². The van der Waals surface area contributed by atoms with Gasteiger partial charge in [0.05, 0.1) is 12.2 Å². The number of unbranched alkanes of at least 4 members (excludes halogenated alkanes) is 3. The number of carboxylic acids is 1. The van der Waals surface area contributed by atoms with E-state index in [0.29, 0.717) is 19.3 Å². The first-order valence-electron chi connectivity index (χ1n) is 8.14. The van der Waals surface area contributed by atoms with E-state index in [1.54, 1.807) is 30.4 Å². The molecule has 2 atom stereocenters. The van der Waals surface area contributed by atoms with E-state index in [1.165, 1.54) is 0 Å². The number of aliphatic carboxylic acids is 1. The van der Waals surface area contributed by atoms with Crippen LogP contribution in [0.3, 0.4) is 0 Å². The van der Waals surface area contributed by atoms with Crippen molar-refractivity contribution in [3.63, 3.8) is 0 Å². The first-order chi connectivity index (χ1) is 10.6. The van der Waals surface area contributed by atoms with Gasteiger partial charge in [0.2, 0.25) is 0 Å². The second-order valence-corrected chi connectivity index (χ2v) is 5.40. The molecule has 0 spiro atoms. The molecule has 4 nitrogen and oxygen atoms in total. The summed E-state index contributed by atoms with van der Waals surface area (Å²) in [6, 6.07) is 0. The number of carboxylic acid groups (broad SMARTS) is 1. The minimum atomic E-state index is -1.04. The van der Waals surface area contributed by atoms with E-state index < -0.39 is 18.2 Å². The fourth-order valence-electron chi connectivity index (χ4n) is 1.93. The monoisotopic (exact) mass is 309 g/mol. The van der Waals surface area contributed by atoms with Crippen molar-refractivity contribution in [3.8, 4) is 0 Å². The number of hydrogen-bond acceptors (Lipinski definition) is 4. The molecule has 0 amide bonds. The van der Waals surface area contributed by atoms with Crippen LogP contribution in [0.5, 0.6) is 0 Å². The molecule has 0 aromatic carbocycles. The molecule has 126 valence electrons. The number of aliphatic hydroxyl groups is 2. The number of carbonyl (C=O) groups is 1. The molecular weight excluding hydrogens is 280 g/mol. The zero-order valence-corrected chi connectivity index (χ0v) is 13.5. The molecule has 0 radical (unpaired) electrons. The van der Waals surface area contributed by atoms with E-state index in [0.717, 1.165) is 25.7 Å². The van der Waals surface area contributed by atoms with E-state index in [2.05, 4.69) is 6.92 Å². The van der Waals surface area contributed by atoms with E-state index in [9.17, 15) is 20.1 Å². The van der Waals surface area contributed by atoms with Gasteiger partial charge in [0.15, 0.2) is 0 Å². The van der Waals surface area contributed by atoms with Crippen molar-refractivity contribution in [1.82, 2.24) is 0 Å². The molecule has 0 aromatic heterocycles. The summed E-state index contributed by atoms with van der Waals surface area (Å²) < 4.78 is 0. The highest BCUT2D eigenvalue weighted by atomic mass is 16.4. The summed E-state index contributed by atoms with van der Waals surface area (Å²) in [5.74, 6) is -1.04. The van der Waals surface area contributed by atoms with Crippen molar-refractivity contribution in [2.45, 2.75) is 70.5 Å². The molecule has 0 aliphatic carbocycles. The molecule has 2 unspecified atom stereocenters. The summed E-state index contributed by atoms with van der Waals surface area (Å²) >= 11 is 0. The summed E-state index contributed by atoms with van der Waals surface area (Å²) in [4.78, 5) is 10.2. The maximum Gasteiger partial charge on any atom is 0.0723 e. The molecule has 0 aromatic rings. The number of carbonyl (C=O) groups excluding carboxylic acids is 1. The van der Waals surface area contributed by atoms with Gasteiger partial charge in [0.1, 0.15) is 0 Å². The predicted octanol–water partition coefficient (Wildman–Crippen LogP) is 2.27. The van der Waals surface area contributed by atoms with E-state index in [4.69, 9.17) is 0 Å². The van der Waals surface area contributed by atoms with Crippen LogP contribution in [0.4, 0.5) is 0 Å². The zero-order chi connectivity index (χ0) is 16.6. The SMILES string of the molecule is CCCCCC(O)/C=C/C=C\C=C/C(O)CCCCC(=O)[O-]. The quantitative estimate of drug-likeness (QED) is 0.404. The highest BCUT2D eigenvalue weighted by Gasteiger charge is 1.98. The Bertz CT molecular complexity index is 358. The standard InChI is InChI=1S/C18H30O4/c1-2-3-6-11-16(19)12-7-4-5-8-13-17(20)14-9-10-15-18(21)22/h4-5,7-8,12-13,16-17,19-20H,2-3,6,9-11,14-15H2,1H3,(H,21,22)/p-1/b5-4-,12-7+,13-8-. The lowest BCUT2D eigenvalue weighted by Gasteiger charge is -2.05. The molecular formula is C18H29O4-. The summed E-state index contributed by atoms with van der Waals surface area (Å²) in [5.41, 5.74) is 0. The third-order valence-electron chi connectivity index (χ3n) is 3.23. The molecule has 0 fully saturated rings. The van der Waals surface area contributed by atoms with Crippen LogP contribution in [0.2, 0.25) is 0 Å². The van der Waals surface area contributed by atoms with E-state index in [-0.39, 0.29) is 6.42 Å². The number of rotatable bonds is 13. The van der Waals surface area contributed by atoms with E-state index in [1.807, 2.05) is 6.08 Å². The number of hydrogen-bond donors (Lipinski definition) is 2. The predicted molar refractivity (Wildman–Crippen MR) is 87.1 cm³/mol. The van der Waals surface area contributed by atoms with Gasteiger partial charge in [-0.1, -0.05) is 69.1 Å². The molecule has 2 N–H and O–H groups in total. The van der Waals surface area contributed by atoms with Crippen molar-refractivity contribution >= 4 is 5.97 Å². The second-order valence-electron chi connectivity index (χ2n) is 5.40. The fourth-order valence-corrected chi connectivity index (χ4v) is 1.93. The van der Waals surface area contributed by atoms with Crippen molar-refractivity contribution in [2.24, 2.45) is 0 Å². The van der Waals surface area contributed by atoms with Gasteiger partial charge < -0.3 is 20.1 Å². The van der Waals surface area contributed by atoms with Gasteiger partial charge >= 0.3 is 0 Å². The molecule has 4 heteroatoms. The van der Waals surface area contributed by atoms with Crippen LogP contribution in [0.25, 0.3) is 0 Å². The Balaban J connectivity index is 3.74. The molecule has 0 aliphatic heterocycles. The average molecular weight is 309 g/mol. The third kappa shape index (κ3) is 15.0. The van der Waals surface area contributed by atoms with Crippen molar-refractivity contribution in [1.29, 1.82) is 0 Å². The summed E-state index contributed by atoms with van der Waals surface area (Å²) in [5, 5.41) is 29.5. The number of aliphatic hydroxyl groups excluding tert-OH is 2. The van der Waals surface area contributed by atoms with E-state index >= 15 is 0 Å². The largest absolute Gasteiger partial charge is 0.550 e. The lowest BCUT2D eigenvalue weighted by atomic mass is 10.1. The summed E-state index contributed by atoms with van der Waals surface area (Å²) in [6.07, 6.45) is 15.5. The minimum Gasteiger partial charge on any atom is -0.550 e. The van der Waals surface area contributed by atoms with Gasteiger partial charge in [-0.05, 0) is 25.7 Å². The van der Waals surface area contributed by atoms with Crippen LogP contribution in [-0.2, 0) is 4.79 Å². The van der Waals surface area contributed by atoms with Gasteiger partial charge in [-0.25, -0.2) is 0 Å². The first-order valence-corrected chi connectivity index (χ1v) is 8.14. The summed E-state index contributed by atoms with van der Waals surface area (Å²) in [7, 11) is 0. The Labute approximate surface area is 133 Å². The molecule has 22 heavy (non-hydrogen) atoms. The van der Waals surface area contributed by atoms with Gasteiger partial charge in [0, 0.05) is 5.97 Å². The van der Waals surface area contributed by atoms with Crippen molar-refractivity contribution < 1.29 is 20.1 Å². The minimum absolute atomic E-state index is 0.0434. The Morgan fingerprint density at radius 2 is 1.41 bits per heavy atom. The number of allylic oxidation sites excluding steroid dienone is 4. The Kier molecular flexibility index (Phi) is 13.6. The molecule has 0 saturated heterocycles.